The Morgan fingerprint density at radius 2 is 1.62 bits per heavy atom. The summed E-state index contributed by atoms with van der Waals surface area (Å²) in [5.41, 5.74) is 3.39. The van der Waals surface area contributed by atoms with Crippen LogP contribution in [0, 0.1) is 11.5 Å². The molecule has 0 bridgehead atoms. The molecule has 1 heterocycles. The predicted molar refractivity (Wildman–Crippen MR) is 129 cm³/mol. The van der Waals surface area contributed by atoms with Gasteiger partial charge in [0.1, 0.15) is 21.7 Å². The van der Waals surface area contributed by atoms with Crippen molar-refractivity contribution >= 4 is 147 Å². The number of thiol groups is 1. The number of aliphatic hydroxyl groups is 1. The Morgan fingerprint density at radius 3 is 1.92 bits per heavy atom. The van der Waals surface area contributed by atoms with E-state index < -0.39 is 8.07 Å². The van der Waals surface area contributed by atoms with E-state index in [4.69, 9.17) is 15.8 Å². The maximum atomic E-state index is 9.43. The Kier molecular flexibility index (Phi) is 31.5. The van der Waals surface area contributed by atoms with Gasteiger partial charge in [-0.25, -0.2) is 8.42 Å². The summed E-state index contributed by atoms with van der Waals surface area (Å²) in [7, 11) is 4.32. The first kappa shape index (κ1) is 37.2. The summed E-state index contributed by atoms with van der Waals surface area (Å²) in [6.45, 7) is 6.84. The summed E-state index contributed by atoms with van der Waals surface area (Å²) in [5.74, 6) is 3.30. The van der Waals surface area contributed by atoms with Crippen molar-refractivity contribution in [2.45, 2.75) is 44.9 Å². The van der Waals surface area contributed by atoms with Crippen LogP contribution >= 0.6 is 25.9 Å². The van der Waals surface area contributed by atoms with E-state index in [1.165, 1.54) is 0 Å². The topological polar surface area (TPSA) is 72.8 Å². The Labute approximate surface area is 227 Å². The number of hydrogen-bond acceptors (Lipinski definition) is 6. The molecule has 0 aliphatic carbocycles. The number of aliphatic hydroxyl groups excluding tert-OH is 1. The molecule has 0 aromatic heterocycles. The van der Waals surface area contributed by atoms with Gasteiger partial charge >= 0.3 is 161 Å². The SMILES string of the molecule is C[Si](C)(C)C#C[C@H]1O[C@H](CO)[C@@H]([Tl])[C@H]([Tl])[C@@H]1[O][Tl].O=S=P.O=S=P.P.[SH-]. The van der Waals surface area contributed by atoms with Crippen molar-refractivity contribution in [3.8, 4) is 11.5 Å². The number of hydrogen-bond donors (Lipinski definition) is 1. The van der Waals surface area contributed by atoms with Crippen molar-refractivity contribution in [1.82, 2.24) is 0 Å². The molecule has 1 aliphatic rings. The number of rotatable bonds is 2. The van der Waals surface area contributed by atoms with Crippen LogP contribution in [0.2, 0.25) is 26.6 Å². The first-order valence-corrected chi connectivity index (χ1v) is 21.1. The van der Waals surface area contributed by atoms with E-state index >= 15 is 0 Å². The van der Waals surface area contributed by atoms with Crippen LogP contribution in [0.15, 0.2) is 0 Å². The maximum Gasteiger partial charge on any atom is 0.110 e. The van der Waals surface area contributed by atoms with Gasteiger partial charge in [0.15, 0.2) is 0 Å². The van der Waals surface area contributed by atoms with Crippen molar-refractivity contribution in [1.29, 1.82) is 0 Å². The smallest absolute Gasteiger partial charge is 0.110 e. The van der Waals surface area contributed by atoms with E-state index in [0.29, 0.717) is 54.9 Å². The largest absolute Gasteiger partial charge is 0.813 e. The second kappa shape index (κ2) is 22.1. The molecule has 1 fully saturated rings. The third kappa shape index (κ3) is 17.5. The van der Waals surface area contributed by atoms with Crippen molar-refractivity contribution in [3.63, 3.8) is 0 Å². The molecule has 15 heteroatoms. The number of ether oxygens (including phenoxy) is 1. The second-order valence-corrected chi connectivity index (χ2v) is 18.8. The van der Waals surface area contributed by atoms with Gasteiger partial charge in [-0.1, -0.05) is 0 Å². The van der Waals surface area contributed by atoms with Crippen molar-refractivity contribution in [2.24, 2.45) is 0 Å². The average Bonchev–Trinajstić information content (AvgIpc) is 2.49. The Hall–Kier alpha value is 3.84. The van der Waals surface area contributed by atoms with Crippen LogP contribution in [-0.4, -0.2) is 124 Å². The molecule has 1 unspecified atom stereocenters. The fourth-order valence-corrected chi connectivity index (χ4v) is 10.1. The van der Waals surface area contributed by atoms with Crippen LogP contribution in [0.1, 0.15) is 0 Å². The standard InChI is InChI=1S/C11H17O3Si.2HOPS.H3P.H2S.3Tl/c1-15(2,3)7-6-11-10(13)5-4-9(8-12)14-11;2*1-3-2;;;;;/h4-5,9-12H,8H2,1-3H3;2*2H;1H3;1H2;;;/q-1;;;;;;;+1/p-1/t9-,10-,11+;;;;;;;/m0......./s1. The van der Waals surface area contributed by atoms with Crippen LogP contribution in [0.3, 0.4) is 0 Å². The van der Waals surface area contributed by atoms with Gasteiger partial charge < -0.3 is 13.5 Å². The normalized spacial score (nSPS) is 26.3. The quantitative estimate of drug-likeness (QED) is 0.142. The zero-order valence-electron chi connectivity index (χ0n) is 14.9. The van der Waals surface area contributed by atoms with Gasteiger partial charge in [0.25, 0.3) is 0 Å². The van der Waals surface area contributed by atoms with E-state index in [1.54, 1.807) is 0 Å². The van der Waals surface area contributed by atoms with Gasteiger partial charge in [0.2, 0.25) is 0 Å². The summed E-state index contributed by atoms with van der Waals surface area (Å²) in [6.07, 6.45) is 0.0767. The third-order valence-corrected chi connectivity index (χ3v) is 18.2. The molecule has 6 atom stereocenters. The fraction of sp³-hybridized carbons (Fsp3) is 0.818. The van der Waals surface area contributed by atoms with Crippen LogP contribution in [0.25, 0.3) is 0 Å². The molecular weight excluding hydrogens is 1040 g/mol. The Balaban J connectivity index is -0.000000267. The van der Waals surface area contributed by atoms with Gasteiger partial charge in [-0.2, -0.15) is 9.90 Å². The van der Waals surface area contributed by atoms with Gasteiger partial charge in [0.05, 0.1) is 0 Å². The first-order chi connectivity index (χ1) is 11.1. The molecule has 26 heavy (non-hydrogen) atoms. The van der Waals surface area contributed by atoms with Gasteiger partial charge in [-0.15, -0.1) is 0 Å². The Bertz CT molecular complexity index is 497. The molecule has 0 radical (unpaired) electrons. The molecule has 0 aromatic rings. The van der Waals surface area contributed by atoms with E-state index in [1.807, 2.05) is 0 Å². The molecule has 144 valence electrons. The molecule has 1 aliphatic heterocycles. The molecule has 1 rings (SSSR count). The Morgan fingerprint density at radius 1 is 1.19 bits per heavy atom. The molecule has 1 saturated heterocycles. The summed E-state index contributed by atoms with van der Waals surface area (Å²) < 4.78 is 30.5. The first-order valence-electron chi connectivity index (χ1n) is 6.70. The molecule has 0 saturated carbocycles. The fourth-order valence-electron chi connectivity index (χ4n) is 1.76. The summed E-state index contributed by atoms with van der Waals surface area (Å²) in [5, 5.41) is 9.43. The van der Waals surface area contributed by atoms with E-state index in [0.717, 1.165) is 51.5 Å². The summed E-state index contributed by atoms with van der Waals surface area (Å²) in [4.78, 5) is 0. The minimum absolute atomic E-state index is 0. The van der Waals surface area contributed by atoms with Crippen molar-refractivity contribution in [3.05, 3.63) is 0 Å². The monoisotopic (exact) mass is 1070 g/mol. The van der Waals surface area contributed by atoms with E-state index in [9.17, 15) is 5.11 Å². The summed E-state index contributed by atoms with van der Waals surface area (Å²) in [6, 6.07) is 0. The van der Waals surface area contributed by atoms with Crippen LogP contribution in [0.5, 0.6) is 0 Å². The van der Waals surface area contributed by atoms with Crippen molar-refractivity contribution in [2.75, 3.05) is 6.61 Å². The minimum Gasteiger partial charge on any atom is -0.813 e. The average molecular weight is 1070 g/mol. The molecular formula is C11H23O5P3S3SiTl3-. The van der Waals surface area contributed by atoms with Gasteiger partial charge in [0, 0.05) is 0 Å². The molecule has 0 amide bonds. The zero-order valence-corrected chi connectivity index (χ0v) is 35.3. The third-order valence-electron chi connectivity index (χ3n) is 2.80. The van der Waals surface area contributed by atoms with Crippen LogP contribution in [-0.2, 0) is 42.6 Å². The molecule has 1 N–H and O–H groups in total. The van der Waals surface area contributed by atoms with Gasteiger partial charge in [-0.05, 0) is 16.0 Å². The van der Waals surface area contributed by atoms with Crippen molar-refractivity contribution < 1.29 is 20.9 Å². The molecule has 5 nitrogen and oxygen atoms in total. The zero-order chi connectivity index (χ0) is 19.3. The van der Waals surface area contributed by atoms with Crippen LogP contribution < -0.4 is 0 Å². The van der Waals surface area contributed by atoms with Gasteiger partial charge in [-0.3, -0.25) is 0 Å². The minimum atomic E-state index is -1.38. The second-order valence-electron chi connectivity index (χ2n) is 5.72. The maximum absolute atomic E-state index is 9.43. The molecule has 0 aromatic carbocycles. The molecule has 0 spiro atoms. The van der Waals surface area contributed by atoms with Crippen LogP contribution in [0.4, 0.5) is 0 Å². The van der Waals surface area contributed by atoms with E-state index in [-0.39, 0.29) is 48.3 Å². The van der Waals surface area contributed by atoms with E-state index in [2.05, 4.69) is 47.1 Å². The predicted octanol–water partition coefficient (Wildman–Crippen LogP) is 0.312. The summed E-state index contributed by atoms with van der Waals surface area (Å²) >= 11 is 2.25.